The van der Waals surface area contributed by atoms with Crippen LogP contribution in [0, 0.1) is 32.4 Å². The van der Waals surface area contributed by atoms with Crippen LogP contribution in [-0.2, 0) is 30.8 Å². The number of rotatable bonds is 7. The zero-order valence-electron chi connectivity index (χ0n) is 26.7. The summed E-state index contributed by atoms with van der Waals surface area (Å²) in [5.74, 6) is -1.86. The van der Waals surface area contributed by atoms with Crippen molar-refractivity contribution in [2.45, 2.75) is 98.5 Å². The molecule has 0 radical (unpaired) electrons. The molecule has 1 fully saturated rings. The largest absolute Gasteiger partial charge is 0.456 e. The first-order chi connectivity index (χ1) is 21.3. The van der Waals surface area contributed by atoms with Gasteiger partial charge in [-0.2, -0.15) is 5.10 Å². The van der Waals surface area contributed by atoms with Gasteiger partial charge in [-0.3, -0.25) is 9.48 Å². The summed E-state index contributed by atoms with van der Waals surface area (Å²) in [6.07, 6.45) is 4.53. The van der Waals surface area contributed by atoms with Gasteiger partial charge in [-0.05, 0) is 84.9 Å². The van der Waals surface area contributed by atoms with Crippen molar-refractivity contribution in [1.82, 2.24) is 34.2 Å². The minimum absolute atomic E-state index is 0.0439. The molecule has 0 spiro atoms. The predicted octanol–water partition coefficient (Wildman–Crippen LogP) is 5.45. The number of aromatic nitrogens is 6. The lowest BCUT2D eigenvalue weighted by Gasteiger charge is -2.26. The average molecular weight is 620 g/mol. The highest BCUT2D eigenvalue weighted by atomic mass is 19.1. The number of fused-ring (bicyclic) bond motifs is 1. The second-order valence-electron chi connectivity index (χ2n) is 13.1. The SMILES string of the molecule is Cc1ccc(F)c(C2CCCN2C(=O)c2c(Cn3cc(Cn4c(C)cc(C(=O)OC(C)(C)C)c4C)nn3)nn3c2CCC3)c1F. The van der Waals surface area contributed by atoms with E-state index in [9.17, 15) is 14.0 Å². The Kier molecular flexibility index (Phi) is 7.86. The van der Waals surface area contributed by atoms with E-state index in [1.54, 1.807) is 22.7 Å². The maximum atomic E-state index is 15.2. The Morgan fingerprint density at radius 1 is 1.07 bits per heavy atom. The zero-order valence-corrected chi connectivity index (χ0v) is 26.7. The first-order valence-corrected chi connectivity index (χ1v) is 15.5. The molecule has 0 saturated carbocycles. The second kappa shape index (κ2) is 11.5. The Hall–Kier alpha value is -4.35. The highest BCUT2D eigenvalue weighted by Crippen LogP contribution is 2.38. The fraction of sp³-hybridized carbons (Fsp3) is 0.485. The summed E-state index contributed by atoms with van der Waals surface area (Å²) in [6.45, 7) is 12.6. The summed E-state index contributed by atoms with van der Waals surface area (Å²) in [5, 5.41) is 13.5. The predicted molar refractivity (Wildman–Crippen MR) is 162 cm³/mol. The molecule has 3 aromatic heterocycles. The summed E-state index contributed by atoms with van der Waals surface area (Å²) in [6, 6.07) is 3.83. The molecule has 1 amide bonds. The molecule has 0 N–H and O–H groups in total. The number of amides is 1. The molecule has 2 aliphatic rings. The maximum absolute atomic E-state index is 15.2. The van der Waals surface area contributed by atoms with Gasteiger partial charge in [0.1, 0.15) is 22.9 Å². The van der Waals surface area contributed by atoms with Gasteiger partial charge in [0.25, 0.3) is 5.91 Å². The van der Waals surface area contributed by atoms with Crippen LogP contribution in [0.5, 0.6) is 0 Å². The topological polar surface area (TPSA) is 100 Å². The van der Waals surface area contributed by atoms with Crippen LogP contribution in [0.1, 0.15) is 106 Å². The Balaban J connectivity index is 1.25. The molecule has 10 nitrogen and oxygen atoms in total. The van der Waals surface area contributed by atoms with Crippen molar-refractivity contribution in [3.05, 3.63) is 86.8 Å². The third-order valence-corrected chi connectivity index (χ3v) is 8.70. The third-order valence-electron chi connectivity index (χ3n) is 8.70. The van der Waals surface area contributed by atoms with Gasteiger partial charge in [0, 0.05) is 30.0 Å². The minimum atomic E-state index is -0.682. The third kappa shape index (κ3) is 5.78. The van der Waals surface area contributed by atoms with Crippen molar-refractivity contribution >= 4 is 11.9 Å². The van der Waals surface area contributed by atoms with E-state index in [1.165, 1.54) is 12.1 Å². The molecule has 5 heterocycles. The van der Waals surface area contributed by atoms with E-state index in [0.29, 0.717) is 67.0 Å². The van der Waals surface area contributed by atoms with Gasteiger partial charge in [-0.15, -0.1) is 5.10 Å². The molecule has 0 bridgehead atoms. The van der Waals surface area contributed by atoms with E-state index in [4.69, 9.17) is 9.84 Å². The van der Waals surface area contributed by atoms with Crippen LogP contribution >= 0.6 is 0 Å². The summed E-state index contributed by atoms with van der Waals surface area (Å²) in [4.78, 5) is 28.5. The van der Waals surface area contributed by atoms with Crippen molar-refractivity contribution in [3.63, 3.8) is 0 Å². The lowest BCUT2D eigenvalue weighted by atomic mass is 9.99. The summed E-state index contributed by atoms with van der Waals surface area (Å²) < 4.78 is 41.2. The Labute approximate surface area is 261 Å². The number of aryl methyl sites for hydroxylation is 3. The first-order valence-electron chi connectivity index (χ1n) is 15.5. The fourth-order valence-electron chi connectivity index (χ4n) is 6.57. The lowest BCUT2D eigenvalue weighted by Crippen LogP contribution is -2.33. The molecule has 1 saturated heterocycles. The Morgan fingerprint density at radius 2 is 1.84 bits per heavy atom. The van der Waals surface area contributed by atoms with Crippen LogP contribution in [0.15, 0.2) is 24.4 Å². The molecule has 238 valence electrons. The molecule has 1 aromatic carbocycles. The second-order valence-corrected chi connectivity index (χ2v) is 13.1. The molecule has 2 aliphatic heterocycles. The number of halogens is 2. The van der Waals surface area contributed by atoms with Gasteiger partial charge in [-0.1, -0.05) is 11.3 Å². The standard InChI is InChI=1S/C33H39F2N7O3/c1-19-11-12-24(34)28(30(19)35)26-9-7-13-40(26)31(43)29-25(37-42-14-8-10-27(29)42)18-39-16-22(36-38-39)17-41-20(2)15-23(21(41)3)32(44)45-33(4,5)6/h11-12,15-16,26H,7-10,13-14,17-18H2,1-6H3. The van der Waals surface area contributed by atoms with Crippen LogP contribution in [-0.4, -0.2) is 58.3 Å². The van der Waals surface area contributed by atoms with Crippen LogP contribution in [0.3, 0.4) is 0 Å². The molecular weight excluding hydrogens is 580 g/mol. The number of hydrogen-bond acceptors (Lipinski definition) is 6. The number of carbonyl (C=O) groups is 2. The average Bonchev–Trinajstić information content (AvgIpc) is 3.78. The molecule has 45 heavy (non-hydrogen) atoms. The molecule has 4 aromatic rings. The van der Waals surface area contributed by atoms with E-state index in [-0.39, 0.29) is 24.0 Å². The lowest BCUT2D eigenvalue weighted by molar-refractivity contribution is 0.00684. The molecule has 1 atom stereocenters. The molecule has 0 aliphatic carbocycles. The van der Waals surface area contributed by atoms with Crippen LogP contribution in [0.2, 0.25) is 0 Å². The van der Waals surface area contributed by atoms with Crippen LogP contribution in [0.4, 0.5) is 8.78 Å². The summed E-state index contributed by atoms with van der Waals surface area (Å²) >= 11 is 0. The number of carbonyl (C=O) groups excluding carboxylic acids is 2. The van der Waals surface area contributed by atoms with Crippen LogP contribution in [0.25, 0.3) is 0 Å². The molecule has 1 unspecified atom stereocenters. The first kappa shape index (κ1) is 30.7. The van der Waals surface area contributed by atoms with Crippen molar-refractivity contribution in [2.75, 3.05) is 6.54 Å². The Bertz CT molecular complexity index is 1800. The number of ether oxygens (including phenoxy) is 1. The quantitative estimate of drug-likeness (QED) is 0.255. The zero-order chi connectivity index (χ0) is 32.2. The molecule has 6 rings (SSSR count). The van der Waals surface area contributed by atoms with Gasteiger partial charge in [0.05, 0.1) is 47.8 Å². The van der Waals surface area contributed by atoms with E-state index in [2.05, 4.69) is 10.3 Å². The Morgan fingerprint density at radius 3 is 2.60 bits per heavy atom. The van der Waals surface area contributed by atoms with Crippen LogP contribution < -0.4 is 0 Å². The molecular formula is C33H39F2N7O3. The number of nitrogens with zero attached hydrogens (tertiary/aromatic N) is 7. The van der Waals surface area contributed by atoms with Gasteiger partial charge in [0.2, 0.25) is 0 Å². The maximum Gasteiger partial charge on any atom is 0.340 e. The van der Waals surface area contributed by atoms with Gasteiger partial charge >= 0.3 is 5.97 Å². The van der Waals surface area contributed by atoms with Crippen molar-refractivity contribution < 1.29 is 23.1 Å². The van der Waals surface area contributed by atoms with Crippen molar-refractivity contribution in [3.8, 4) is 0 Å². The van der Waals surface area contributed by atoms with Crippen molar-refractivity contribution in [2.24, 2.45) is 0 Å². The fourth-order valence-corrected chi connectivity index (χ4v) is 6.57. The number of hydrogen-bond donors (Lipinski definition) is 0. The van der Waals surface area contributed by atoms with Gasteiger partial charge in [0.15, 0.2) is 0 Å². The van der Waals surface area contributed by atoms with Gasteiger partial charge < -0.3 is 14.2 Å². The summed E-state index contributed by atoms with van der Waals surface area (Å²) in [5.41, 5.74) is 4.46. The molecule has 12 heteroatoms. The monoisotopic (exact) mass is 619 g/mol. The number of likely N-dealkylation sites (tertiary alicyclic amines) is 1. The number of esters is 1. The number of benzene rings is 1. The van der Waals surface area contributed by atoms with E-state index >= 15 is 4.39 Å². The van der Waals surface area contributed by atoms with E-state index in [1.807, 2.05) is 49.9 Å². The normalized spacial score (nSPS) is 16.4. The van der Waals surface area contributed by atoms with Crippen molar-refractivity contribution in [1.29, 1.82) is 0 Å². The van der Waals surface area contributed by atoms with E-state index < -0.39 is 23.3 Å². The highest BCUT2D eigenvalue weighted by molar-refractivity contribution is 5.97. The smallest absolute Gasteiger partial charge is 0.340 e. The summed E-state index contributed by atoms with van der Waals surface area (Å²) in [7, 11) is 0. The van der Waals surface area contributed by atoms with E-state index in [0.717, 1.165) is 23.5 Å². The minimum Gasteiger partial charge on any atom is -0.456 e. The highest BCUT2D eigenvalue weighted by Gasteiger charge is 2.38. The van der Waals surface area contributed by atoms with Gasteiger partial charge in [-0.25, -0.2) is 18.3 Å².